The summed E-state index contributed by atoms with van der Waals surface area (Å²) >= 11 is 2.73. The molecule has 8 atom stereocenters. The van der Waals surface area contributed by atoms with Crippen molar-refractivity contribution in [1.82, 2.24) is 9.88 Å². The lowest BCUT2D eigenvalue weighted by Crippen LogP contribution is -2.46. The number of esters is 1. The van der Waals surface area contributed by atoms with Gasteiger partial charge in [-0.2, -0.15) is 0 Å². The molecule has 3 aromatic rings. The van der Waals surface area contributed by atoms with Gasteiger partial charge in [-0.15, -0.1) is 11.8 Å². The van der Waals surface area contributed by atoms with Crippen LogP contribution in [0.25, 0.3) is 0 Å². The number of imide groups is 1. The standard InChI is InChI=1S/C32H31N3O8S2/c1-4-43-31(40)14-5-8-16(9-6-14)33-27(37)13(2)35-29(38)23-17-12-18(24(23)30(35)39)25-22(17)21(26-28(44-25)34-32(41)45-26)15-7-10-19(36)20(11-15)42-3/h5-11,13,17-18,21-25,36H,4,12H2,1-3H3,(H,33,37)(H,34,41). The van der Waals surface area contributed by atoms with Crippen molar-refractivity contribution in [3.63, 3.8) is 0 Å². The molecule has 3 fully saturated rings. The number of ether oxygens (including phenoxy) is 2. The summed E-state index contributed by atoms with van der Waals surface area (Å²) in [7, 11) is 1.48. The summed E-state index contributed by atoms with van der Waals surface area (Å²) in [6.07, 6.45) is 0.710. The number of carbonyl (C=O) groups excluding carboxylic acids is 4. The number of aromatic hydroxyl groups is 1. The summed E-state index contributed by atoms with van der Waals surface area (Å²) in [6, 6.07) is 10.4. The van der Waals surface area contributed by atoms with Crippen molar-refractivity contribution in [1.29, 1.82) is 0 Å². The third-order valence-corrected chi connectivity index (χ3v) is 12.3. The number of carbonyl (C=O) groups is 4. The molecule has 11 nitrogen and oxygen atoms in total. The molecule has 4 aliphatic rings. The number of nitrogens with one attached hydrogen (secondary N) is 2. The fraction of sp³-hybridized carbons (Fsp3) is 0.406. The quantitative estimate of drug-likeness (QED) is 0.256. The number of benzene rings is 2. The molecule has 2 bridgehead atoms. The summed E-state index contributed by atoms with van der Waals surface area (Å²) in [6.45, 7) is 3.52. The van der Waals surface area contributed by atoms with Crippen LogP contribution >= 0.6 is 23.1 Å². The second kappa shape index (κ2) is 11.1. The Hall–Kier alpha value is -4.10. The third-order valence-electron chi connectivity index (χ3n) is 9.75. The molecule has 3 N–H and O–H groups in total. The lowest BCUT2D eigenvalue weighted by molar-refractivity contribution is -0.146. The molecule has 1 aromatic heterocycles. The van der Waals surface area contributed by atoms with Gasteiger partial charge >= 0.3 is 10.8 Å². The van der Waals surface area contributed by atoms with E-state index >= 15 is 0 Å². The normalized spacial score (nSPS) is 28.3. The van der Waals surface area contributed by atoms with E-state index in [1.807, 2.05) is 6.07 Å². The lowest BCUT2D eigenvalue weighted by atomic mass is 9.68. The van der Waals surface area contributed by atoms with Gasteiger partial charge in [0.25, 0.3) is 0 Å². The summed E-state index contributed by atoms with van der Waals surface area (Å²) < 4.78 is 10.4. The number of likely N-dealkylation sites (tertiary alicyclic amines) is 1. The molecule has 0 radical (unpaired) electrons. The van der Waals surface area contributed by atoms with Crippen LogP contribution in [-0.2, 0) is 19.1 Å². The minimum Gasteiger partial charge on any atom is -0.504 e. The van der Waals surface area contributed by atoms with Crippen LogP contribution in [0.15, 0.2) is 52.3 Å². The molecule has 3 heterocycles. The van der Waals surface area contributed by atoms with E-state index in [9.17, 15) is 29.1 Å². The van der Waals surface area contributed by atoms with Gasteiger partial charge < -0.3 is 24.9 Å². The minimum absolute atomic E-state index is 0.00730. The van der Waals surface area contributed by atoms with E-state index in [1.165, 1.54) is 19.2 Å². The predicted molar refractivity (Wildman–Crippen MR) is 165 cm³/mol. The average molecular weight is 650 g/mol. The highest BCUT2D eigenvalue weighted by atomic mass is 32.2. The van der Waals surface area contributed by atoms with E-state index in [1.54, 1.807) is 49.9 Å². The van der Waals surface area contributed by atoms with Gasteiger partial charge in [0.15, 0.2) is 11.5 Å². The number of methoxy groups -OCH3 is 1. The van der Waals surface area contributed by atoms with Crippen molar-refractivity contribution >= 4 is 52.5 Å². The van der Waals surface area contributed by atoms with Crippen molar-refractivity contribution in [3.8, 4) is 11.5 Å². The second-order valence-electron chi connectivity index (χ2n) is 11.9. The van der Waals surface area contributed by atoms with Crippen LogP contribution in [0.2, 0.25) is 0 Å². The number of H-pyrrole nitrogens is 1. The Morgan fingerprint density at radius 3 is 2.49 bits per heavy atom. The summed E-state index contributed by atoms with van der Waals surface area (Å²) in [5, 5.41) is 13.8. The minimum atomic E-state index is -1.04. The number of thiazole rings is 1. The van der Waals surface area contributed by atoms with Gasteiger partial charge in [-0.05, 0) is 80.0 Å². The molecule has 2 aliphatic heterocycles. The molecule has 2 aliphatic carbocycles. The van der Waals surface area contributed by atoms with Crippen LogP contribution in [0.5, 0.6) is 11.5 Å². The van der Waals surface area contributed by atoms with Crippen molar-refractivity contribution in [2.45, 2.75) is 42.5 Å². The molecular weight excluding hydrogens is 618 g/mol. The van der Waals surface area contributed by atoms with Gasteiger partial charge in [0.1, 0.15) is 6.04 Å². The zero-order valence-corrected chi connectivity index (χ0v) is 26.3. The molecule has 2 aromatic carbocycles. The monoisotopic (exact) mass is 649 g/mol. The van der Waals surface area contributed by atoms with Crippen molar-refractivity contribution in [2.24, 2.45) is 29.6 Å². The molecule has 1 saturated heterocycles. The highest BCUT2D eigenvalue weighted by molar-refractivity contribution is 8.00. The molecular formula is C32H31N3O8S2. The SMILES string of the molecule is CCOC(=O)c1ccc(NC(=O)C(C)N2C(=O)C3C4CC(C3C2=O)C2C(c3ccc(O)c(OC)c3)c3sc(=O)[nH]c3SC42)cc1. The Labute approximate surface area is 266 Å². The van der Waals surface area contributed by atoms with Gasteiger partial charge in [-0.1, -0.05) is 17.4 Å². The topological polar surface area (TPSA) is 155 Å². The Morgan fingerprint density at radius 1 is 1.09 bits per heavy atom. The number of hydrogen-bond donors (Lipinski definition) is 3. The predicted octanol–water partition coefficient (Wildman–Crippen LogP) is 3.83. The van der Waals surface area contributed by atoms with Crippen LogP contribution in [0, 0.1) is 29.6 Å². The van der Waals surface area contributed by atoms with E-state index < -0.39 is 29.8 Å². The zero-order chi connectivity index (χ0) is 31.7. The molecule has 45 heavy (non-hydrogen) atoms. The first-order valence-corrected chi connectivity index (χ1v) is 16.5. The van der Waals surface area contributed by atoms with Crippen LogP contribution in [0.4, 0.5) is 5.69 Å². The maximum atomic E-state index is 14.0. The number of hydrogen-bond acceptors (Lipinski definition) is 10. The van der Waals surface area contributed by atoms with Crippen molar-refractivity contribution < 1.29 is 33.8 Å². The number of amides is 3. The second-order valence-corrected chi connectivity index (χ2v) is 14.1. The van der Waals surface area contributed by atoms with Crippen LogP contribution in [-0.4, -0.2) is 63.7 Å². The smallest absolute Gasteiger partial charge is 0.338 e. The molecule has 234 valence electrons. The largest absolute Gasteiger partial charge is 0.504 e. The Kier molecular flexibility index (Phi) is 7.27. The highest BCUT2D eigenvalue weighted by Gasteiger charge is 2.70. The number of fused-ring (bicyclic) bond motifs is 9. The number of phenols is 1. The van der Waals surface area contributed by atoms with Crippen LogP contribution in [0.3, 0.4) is 0 Å². The van der Waals surface area contributed by atoms with Gasteiger partial charge in [-0.3, -0.25) is 24.1 Å². The Bertz CT molecular complexity index is 1790. The number of nitrogens with zero attached hydrogens (tertiary/aromatic N) is 1. The summed E-state index contributed by atoms with van der Waals surface area (Å²) in [4.78, 5) is 70.6. The fourth-order valence-electron chi connectivity index (χ4n) is 7.95. The van der Waals surface area contributed by atoms with Gasteiger partial charge in [0.2, 0.25) is 17.7 Å². The zero-order valence-electron chi connectivity index (χ0n) is 24.6. The van der Waals surface area contributed by atoms with E-state index in [0.717, 1.165) is 31.7 Å². The number of rotatable bonds is 7. The first kappa shape index (κ1) is 29.6. The van der Waals surface area contributed by atoms with Crippen LogP contribution in [0.1, 0.15) is 47.0 Å². The number of anilines is 1. The van der Waals surface area contributed by atoms with E-state index in [2.05, 4.69) is 10.3 Å². The molecule has 13 heteroatoms. The first-order valence-electron chi connectivity index (χ1n) is 14.8. The lowest BCUT2D eigenvalue weighted by Gasteiger charge is -2.43. The average Bonchev–Trinajstić information content (AvgIpc) is 3.76. The molecule has 3 amide bonds. The van der Waals surface area contributed by atoms with Gasteiger partial charge in [0, 0.05) is 21.7 Å². The number of phenolic OH excluding ortho intramolecular Hbond substituents is 1. The third kappa shape index (κ3) is 4.58. The number of aromatic amines is 1. The van der Waals surface area contributed by atoms with E-state index in [-0.39, 0.29) is 58.0 Å². The molecule has 0 spiro atoms. The first-order chi connectivity index (χ1) is 21.6. The summed E-state index contributed by atoms with van der Waals surface area (Å²) in [5.41, 5.74) is 1.64. The maximum absolute atomic E-state index is 14.0. The maximum Gasteiger partial charge on any atom is 0.338 e. The summed E-state index contributed by atoms with van der Waals surface area (Å²) in [5.74, 6) is -2.88. The molecule has 7 rings (SSSR count). The van der Waals surface area contributed by atoms with E-state index in [0.29, 0.717) is 23.4 Å². The number of thioether (sulfide) groups is 1. The van der Waals surface area contributed by atoms with Gasteiger partial charge in [-0.25, -0.2) is 4.79 Å². The Morgan fingerprint density at radius 2 is 1.80 bits per heavy atom. The van der Waals surface area contributed by atoms with E-state index in [4.69, 9.17) is 9.47 Å². The van der Waals surface area contributed by atoms with Crippen LogP contribution < -0.4 is 14.9 Å². The van der Waals surface area contributed by atoms with Crippen molar-refractivity contribution in [3.05, 3.63) is 68.1 Å². The fourth-order valence-corrected chi connectivity index (χ4v) is 10.8. The van der Waals surface area contributed by atoms with Crippen molar-refractivity contribution in [2.75, 3.05) is 19.0 Å². The number of aromatic nitrogens is 1. The molecule has 8 unspecified atom stereocenters. The molecule has 2 saturated carbocycles. The Balaban J connectivity index is 1.16. The van der Waals surface area contributed by atoms with Gasteiger partial charge in [0.05, 0.1) is 36.1 Å². The highest BCUT2D eigenvalue weighted by Crippen LogP contribution is 2.68.